The molecular weight excluding hydrogens is 428 g/mol. The van der Waals surface area contributed by atoms with Crippen LogP contribution in [0.2, 0.25) is 5.02 Å². The Kier molecular flexibility index (Phi) is 8.17. The minimum absolute atomic E-state index is 0.269. The zero-order chi connectivity index (χ0) is 23.1. The largest absolute Gasteiger partial charge is 0.489 e. The first-order valence-electron chi connectivity index (χ1n) is 10.9. The summed E-state index contributed by atoms with van der Waals surface area (Å²) in [6.45, 7) is 6.05. The number of nitrogens with one attached hydrogen (secondary N) is 2. The van der Waals surface area contributed by atoms with E-state index < -0.39 is 12.0 Å². The third-order valence-corrected chi connectivity index (χ3v) is 5.26. The van der Waals surface area contributed by atoms with Crippen LogP contribution in [-0.4, -0.2) is 18.1 Å². The molecule has 170 valence electrons. The monoisotopic (exact) mass is 456 g/mol. The summed E-state index contributed by atoms with van der Waals surface area (Å²) in [4.78, 5) is 25.4. The Morgan fingerprint density at radius 1 is 1.16 bits per heavy atom. The Hall–Kier alpha value is -2.99. The van der Waals surface area contributed by atoms with Crippen LogP contribution in [0.15, 0.2) is 59.8 Å². The Bertz CT molecular complexity index is 986. The number of rotatable bonds is 9. The summed E-state index contributed by atoms with van der Waals surface area (Å²) in [6.07, 6.45) is 2.12. The van der Waals surface area contributed by atoms with E-state index in [0.29, 0.717) is 35.1 Å². The number of allylic oxidation sites excluding steroid dienone is 1. The maximum absolute atomic E-state index is 13.0. The predicted octanol–water partition coefficient (Wildman–Crippen LogP) is 5.67. The summed E-state index contributed by atoms with van der Waals surface area (Å²) in [6, 6.07) is 13.9. The van der Waals surface area contributed by atoms with Gasteiger partial charge in [-0.2, -0.15) is 0 Å². The fraction of sp³-hybridized carbons (Fsp3) is 0.360. The molecule has 2 amide bonds. The van der Waals surface area contributed by atoms with Crippen LogP contribution in [0.4, 0.5) is 4.79 Å². The van der Waals surface area contributed by atoms with Crippen LogP contribution in [0.5, 0.6) is 5.75 Å². The van der Waals surface area contributed by atoms with E-state index in [1.54, 1.807) is 13.8 Å². The van der Waals surface area contributed by atoms with Crippen molar-refractivity contribution in [1.29, 1.82) is 0 Å². The average molecular weight is 457 g/mol. The van der Waals surface area contributed by atoms with Gasteiger partial charge >= 0.3 is 12.0 Å². The number of esters is 1. The van der Waals surface area contributed by atoms with Crippen molar-refractivity contribution in [2.75, 3.05) is 0 Å². The highest BCUT2D eigenvalue weighted by Gasteiger charge is 2.34. The van der Waals surface area contributed by atoms with E-state index in [1.165, 1.54) is 0 Å². The smallest absolute Gasteiger partial charge is 0.338 e. The van der Waals surface area contributed by atoms with Crippen molar-refractivity contribution in [3.05, 3.63) is 76.0 Å². The minimum atomic E-state index is -0.624. The molecule has 1 atom stereocenters. The van der Waals surface area contributed by atoms with Crippen LogP contribution in [0.3, 0.4) is 0 Å². The van der Waals surface area contributed by atoms with Crippen LogP contribution >= 0.6 is 11.6 Å². The molecule has 2 aromatic carbocycles. The van der Waals surface area contributed by atoms with Gasteiger partial charge in [0.15, 0.2) is 0 Å². The lowest BCUT2D eigenvalue weighted by molar-refractivity contribution is -0.143. The highest BCUT2D eigenvalue weighted by molar-refractivity contribution is 6.30. The Morgan fingerprint density at radius 2 is 1.91 bits per heavy atom. The van der Waals surface area contributed by atoms with Crippen molar-refractivity contribution >= 4 is 23.6 Å². The molecule has 0 radical (unpaired) electrons. The van der Waals surface area contributed by atoms with Gasteiger partial charge in [-0.25, -0.2) is 9.59 Å². The van der Waals surface area contributed by atoms with E-state index >= 15 is 0 Å². The second-order valence-corrected chi connectivity index (χ2v) is 8.41. The topological polar surface area (TPSA) is 76.7 Å². The summed E-state index contributed by atoms with van der Waals surface area (Å²) in [5.41, 5.74) is 2.77. The highest BCUT2D eigenvalue weighted by atomic mass is 35.5. The van der Waals surface area contributed by atoms with E-state index in [2.05, 4.69) is 17.6 Å². The molecule has 0 fully saturated rings. The molecule has 0 saturated heterocycles. The molecule has 3 rings (SSSR count). The molecule has 0 bridgehead atoms. The summed E-state index contributed by atoms with van der Waals surface area (Å²) in [5.74, 6) is 0.202. The number of unbranched alkanes of at least 4 members (excludes halogenated alkanes) is 1. The number of benzene rings is 2. The fourth-order valence-electron chi connectivity index (χ4n) is 3.47. The lowest BCUT2D eigenvalue weighted by atomic mass is 9.93. The molecule has 1 aliphatic heterocycles. The molecule has 2 N–H and O–H groups in total. The molecule has 1 aliphatic rings. The fourth-order valence-corrected chi connectivity index (χ4v) is 3.59. The maximum Gasteiger partial charge on any atom is 0.338 e. The van der Waals surface area contributed by atoms with Gasteiger partial charge in [0.1, 0.15) is 12.4 Å². The zero-order valence-corrected chi connectivity index (χ0v) is 19.4. The van der Waals surface area contributed by atoms with E-state index in [0.717, 1.165) is 24.0 Å². The van der Waals surface area contributed by atoms with Gasteiger partial charge in [-0.15, -0.1) is 0 Å². The Balaban J connectivity index is 1.88. The van der Waals surface area contributed by atoms with Gasteiger partial charge in [-0.1, -0.05) is 49.2 Å². The van der Waals surface area contributed by atoms with Crippen molar-refractivity contribution in [2.45, 2.75) is 58.8 Å². The second-order valence-electron chi connectivity index (χ2n) is 7.97. The molecule has 2 aromatic rings. The standard InChI is InChI=1S/C25H29ClN2O4/c1-4-5-9-21-22(24(29)32-16(2)3)23(28-25(30)27-21)18-7-6-8-20(14-18)31-15-17-10-12-19(26)13-11-17/h6-8,10-14,16,23H,4-5,9,15H2,1-3H3,(H2,27,28,30). The van der Waals surface area contributed by atoms with E-state index in [9.17, 15) is 9.59 Å². The number of hydrogen-bond donors (Lipinski definition) is 2. The number of amides is 2. The van der Waals surface area contributed by atoms with Crippen molar-refractivity contribution in [1.82, 2.24) is 10.6 Å². The molecular formula is C25H29ClN2O4. The van der Waals surface area contributed by atoms with Crippen molar-refractivity contribution in [3.63, 3.8) is 0 Å². The van der Waals surface area contributed by atoms with Crippen molar-refractivity contribution in [2.24, 2.45) is 0 Å². The Labute approximate surface area is 193 Å². The van der Waals surface area contributed by atoms with Gasteiger partial charge in [0.25, 0.3) is 0 Å². The van der Waals surface area contributed by atoms with Gasteiger partial charge in [0.05, 0.1) is 17.7 Å². The molecule has 0 aromatic heterocycles. The summed E-state index contributed by atoms with van der Waals surface area (Å²) < 4.78 is 11.4. The number of urea groups is 1. The molecule has 0 aliphatic carbocycles. The van der Waals surface area contributed by atoms with Crippen LogP contribution < -0.4 is 15.4 Å². The molecule has 0 saturated carbocycles. The summed E-state index contributed by atoms with van der Waals surface area (Å²) in [5, 5.41) is 6.35. The average Bonchev–Trinajstić information content (AvgIpc) is 2.76. The van der Waals surface area contributed by atoms with Crippen LogP contribution in [0.25, 0.3) is 0 Å². The lowest BCUT2D eigenvalue weighted by Crippen LogP contribution is -2.46. The Morgan fingerprint density at radius 3 is 2.59 bits per heavy atom. The second kappa shape index (κ2) is 11.0. The van der Waals surface area contributed by atoms with Gasteiger partial charge in [-0.05, 0) is 62.1 Å². The first-order chi connectivity index (χ1) is 15.4. The van der Waals surface area contributed by atoms with Crippen LogP contribution in [0, 0.1) is 0 Å². The number of carbonyl (C=O) groups excluding carboxylic acids is 2. The molecule has 0 spiro atoms. The molecule has 6 nitrogen and oxygen atoms in total. The van der Waals surface area contributed by atoms with Crippen molar-refractivity contribution in [3.8, 4) is 5.75 Å². The van der Waals surface area contributed by atoms with Crippen LogP contribution in [0.1, 0.15) is 57.2 Å². The van der Waals surface area contributed by atoms with Gasteiger partial charge < -0.3 is 20.1 Å². The van der Waals surface area contributed by atoms with E-state index in [1.807, 2.05) is 48.5 Å². The summed E-state index contributed by atoms with van der Waals surface area (Å²) in [7, 11) is 0. The van der Waals surface area contributed by atoms with Crippen molar-refractivity contribution < 1.29 is 19.1 Å². The maximum atomic E-state index is 13.0. The summed E-state index contributed by atoms with van der Waals surface area (Å²) >= 11 is 5.94. The third-order valence-electron chi connectivity index (χ3n) is 5.01. The van der Waals surface area contributed by atoms with Crippen LogP contribution in [-0.2, 0) is 16.1 Å². The normalized spacial score (nSPS) is 15.9. The molecule has 7 heteroatoms. The van der Waals surface area contributed by atoms with Gasteiger partial charge in [-0.3, -0.25) is 0 Å². The molecule has 1 unspecified atom stereocenters. The highest BCUT2D eigenvalue weighted by Crippen LogP contribution is 2.31. The minimum Gasteiger partial charge on any atom is -0.489 e. The van der Waals surface area contributed by atoms with Gasteiger partial charge in [0.2, 0.25) is 0 Å². The SMILES string of the molecule is CCCCC1=C(C(=O)OC(C)C)C(c2cccc(OCc3ccc(Cl)cc3)c2)NC(=O)N1. The lowest BCUT2D eigenvalue weighted by Gasteiger charge is -2.30. The third kappa shape index (κ3) is 6.26. The van der Waals surface area contributed by atoms with E-state index in [-0.39, 0.29) is 12.1 Å². The van der Waals surface area contributed by atoms with Gasteiger partial charge in [0, 0.05) is 10.7 Å². The number of carbonyl (C=O) groups is 2. The zero-order valence-electron chi connectivity index (χ0n) is 18.6. The molecule has 32 heavy (non-hydrogen) atoms. The quantitative estimate of drug-likeness (QED) is 0.476. The number of ether oxygens (including phenoxy) is 2. The number of halogens is 1. The molecule has 1 heterocycles. The van der Waals surface area contributed by atoms with E-state index in [4.69, 9.17) is 21.1 Å². The first-order valence-corrected chi connectivity index (χ1v) is 11.2. The predicted molar refractivity (Wildman–Crippen MR) is 124 cm³/mol. The number of hydrogen-bond acceptors (Lipinski definition) is 4. The first kappa shape index (κ1) is 23.7.